The Bertz CT molecular complexity index is 1150. The Kier molecular flexibility index (Phi) is 6.22. The third-order valence-electron chi connectivity index (χ3n) is 4.74. The normalized spacial score (nSPS) is 12.3. The summed E-state index contributed by atoms with van der Waals surface area (Å²) >= 11 is 0. The first kappa shape index (κ1) is 20.9. The van der Waals surface area contributed by atoms with Crippen LogP contribution in [-0.2, 0) is 22.8 Å². The molecule has 0 fully saturated rings. The van der Waals surface area contributed by atoms with E-state index in [9.17, 15) is 12.8 Å². The molecular weight excluding hydrogens is 391 g/mol. The molecule has 3 rings (SSSR count). The number of sulfone groups is 1. The van der Waals surface area contributed by atoms with E-state index in [0.29, 0.717) is 30.4 Å². The first-order chi connectivity index (χ1) is 13.8. The molecule has 0 atom stereocenters. The van der Waals surface area contributed by atoms with Crippen LogP contribution in [0.4, 0.5) is 4.39 Å². The lowest BCUT2D eigenvalue weighted by Gasteiger charge is -2.13. The minimum absolute atomic E-state index is 0.249. The van der Waals surface area contributed by atoms with Crippen molar-refractivity contribution in [2.45, 2.75) is 24.8 Å². The molecule has 0 amide bonds. The number of nitrogens with zero attached hydrogens (tertiary/aromatic N) is 1. The zero-order chi connectivity index (χ0) is 21.0. The Labute approximate surface area is 170 Å². The minimum Gasteiger partial charge on any atom is -0.361 e. The molecule has 3 aromatic rings. The molecule has 6 nitrogen and oxygen atoms in total. The second-order valence-electron chi connectivity index (χ2n) is 6.98. The number of guanidine groups is 1. The van der Waals surface area contributed by atoms with Gasteiger partial charge in [-0.05, 0) is 54.3 Å². The summed E-state index contributed by atoms with van der Waals surface area (Å²) in [6, 6.07) is 10.0. The van der Waals surface area contributed by atoms with E-state index in [0.717, 1.165) is 27.6 Å². The van der Waals surface area contributed by atoms with Gasteiger partial charge in [0.1, 0.15) is 5.82 Å². The van der Waals surface area contributed by atoms with Crippen molar-refractivity contribution in [3.05, 3.63) is 65.1 Å². The molecule has 0 aliphatic rings. The summed E-state index contributed by atoms with van der Waals surface area (Å²) in [5.41, 5.74) is 3.64. The fourth-order valence-corrected chi connectivity index (χ4v) is 4.28. The second-order valence-corrected chi connectivity index (χ2v) is 8.96. The van der Waals surface area contributed by atoms with Crippen molar-refractivity contribution in [3.8, 4) is 0 Å². The van der Waals surface area contributed by atoms with Crippen LogP contribution in [0.5, 0.6) is 0 Å². The molecule has 0 saturated heterocycles. The SMILES string of the molecule is CN=C(NCCc1c[nH]c2ccc(F)cc12)NCc1ccc(S(C)(=O)=O)c(C)c1. The molecule has 0 radical (unpaired) electrons. The van der Waals surface area contributed by atoms with Crippen molar-refractivity contribution in [1.82, 2.24) is 15.6 Å². The molecule has 154 valence electrons. The highest BCUT2D eigenvalue weighted by atomic mass is 32.2. The summed E-state index contributed by atoms with van der Waals surface area (Å²) in [4.78, 5) is 7.71. The van der Waals surface area contributed by atoms with Gasteiger partial charge in [-0.2, -0.15) is 0 Å². The standard InChI is InChI=1S/C21H25FN4O2S/c1-14-10-15(4-7-20(14)29(3,27)28)12-26-21(23-2)24-9-8-16-13-25-19-6-5-17(22)11-18(16)19/h4-7,10-11,13,25H,8-9,12H2,1-3H3,(H2,23,24,26). The van der Waals surface area contributed by atoms with E-state index < -0.39 is 9.84 Å². The molecule has 0 aliphatic carbocycles. The fraction of sp³-hybridized carbons (Fsp3) is 0.286. The van der Waals surface area contributed by atoms with E-state index >= 15 is 0 Å². The zero-order valence-electron chi connectivity index (χ0n) is 16.7. The largest absolute Gasteiger partial charge is 0.361 e. The maximum absolute atomic E-state index is 13.5. The van der Waals surface area contributed by atoms with Crippen LogP contribution in [0.3, 0.4) is 0 Å². The van der Waals surface area contributed by atoms with Gasteiger partial charge in [-0.25, -0.2) is 12.8 Å². The summed E-state index contributed by atoms with van der Waals surface area (Å²) in [7, 11) is -1.53. The van der Waals surface area contributed by atoms with Crippen LogP contribution in [-0.4, -0.2) is 39.2 Å². The number of nitrogens with one attached hydrogen (secondary N) is 3. The molecule has 8 heteroatoms. The Morgan fingerprint density at radius 2 is 1.97 bits per heavy atom. The third kappa shape index (κ3) is 5.14. The number of fused-ring (bicyclic) bond motifs is 1. The van der Waals surface area contributed by atoms with Gasteiger partial charge in [0, 0.05) is 43.5 Å². The summed E-state index contributed by atoms with van der Waals surface area (Å²) in [6.07, 6.45) is 3.82. The second kappa shape index (κ2) is 8.65. The van der Waals surface area contributed by atoms with Gasteiger partial charge in [0.2, 0.25) is 0 Å². The third-order valence-corrected chi connectivity index (χ3v) is 6.00. The molecule has 0 spiro atoms. The molecule has 0 unspecified atom stereocenters. The van der Waals surface area contributed by atoms with Crippen LogP contribution < -0.4 is 10.6 Å². The Morgan fingerprint density at radius 1 is 1.17 bits per heavy atom. The van der Waals surface area contributed by atoms with E-state index in [2.05, 4.69) is 20.6 Å². The molecule has 29 heavy (non-hydrogen) atoms. The number of halogens is 1. The van der Waals surface area contributed by atoms with Crippen molar-refractivity contribution in [1.29, 1.82) is 0 Å². The van der Waals surface area contributed by atoms with Crippen molar-refractivity contribution in [2.75, 3.05) is 19.8 Å². The lowest BCUT2D eigenvalue weighted by atomic mass is 10.1. The number of aliphatic imine (C=N–C) groups is 1. The van der Waals surface area contributed by atoms with Crippen LogP contribution in [0, 0.1) is 12.7 Å². The summed E-state index contributed by atoms with van der Waals surface area (Å²) < 4.78 is 36.9. The van der Waals surface area contributed by atoms with Gasteiger partial charge >= 0.3 is 0 Å². The number of benzene rings is 2. The molecule has 1 heterocycles. The van der Waals surface area contributed by atoms with Crippen LogP contribution in [0.25, 0.3) is 10.9 Å². The maximum atomic E-state index is 13.5. The van der Waals surface area contributed by atoms with Crippen molar-refractivity contribution in [2.24, 2.45) is 4.99 Å². The van der Waals surface area contributed by atoms with E-state index in [4.69, 9.17) is 0 Å². The smallest absolute Gasteiger partial charge is 0.191 e. The van der Waals surface area contributed by atoms with Crippen molar-refractivity contribution < 1.29 is 12.8 Å². The summed E-state index contributed by atoms with van der Waals surface area (Å²) in [5.74, 6) is 0.391. The monoisotopic (exact) mass is 416 g/mol. The van der Waals surface area contributed by atoms with Crippen molar-refractivity contribution in [3.63, 3.8) is 0 Å². The lowest BCUT2D eigenvalue weighted by molar-refractivity contribution is 0.601. The molecule has 0 bridgehead atoms. The minimum atomic E-state index is -3.22. The van der Waals surface area contributed by atoms with E-state index in [-0.39, 0.29) is 5.82 Å². The van der Waals surface area contributed by atoms with Gasteiger partial charge in [0.05, 0.1) is 4.90 Å². The Morgan fingerprint density at radius 3 is 2.66 bits per heavy atom. The van der Waals surface area contributed by atoms with Crippen LogP contribution in [0.1, 0.15) is 16.7 Å². The van der Waals surface area contributed by atoms with Crippen molar-refractivity contribution >= 4 is 26.7 Å². The molecule has 0 aliphatic heterocycles. The Balaban J connectivity index is 1.56. The van der Waals surface area contributed by atoms with Gasteiger partial charge in [0.15, 0.2) is 15.8 Å². The number of aryl methyl sites for hydroxylation is 1. The number of rotatable bonds is 6. The van der Waals surface area contributed by atoms with E-state index in [1.807, 2.05) is 12.3 Å². The Hall–Kier alpha value is -2.87. The van der Waals surface area contributed by atoms with Gasteiger partial charge in [-0.3, -0.25) is 4.99 Å². The number of hydrogen-bond acceptors (Lipinski definition) is 3. The first-order valence-electron chi connectivity index (χ1n) is 9.27. The predicted molar refractivity (Wildman–Crippen MR) is 114 cm³/mol. The van der Waals surface area contributed by atoms with Gasteiger partial charge < -0.3 is 15.6 Å². The topological polar surface area (TPSA) is 86.3 Å². The predicted octanol–water partition coefficient (Wildman–Crippen LogP) is 2.93. The van der Waals surface area contributed by atoms with Crippen LogP contribution in [0.2, 0.25) is 0 Å². The first-order valence-corrected chi connectivity index (χ1v) is 11.2. The lowest BCUT2D eigenvalue weighted by Crippen LogP contribution is -2.37. The average molecular weight is 417 g/mol. The summed E-state index contributed by atoms with van der Waals surface area (Å²) in [6.45, 7) is 2.94. The molecule has 3 N–H and O–H groups in total. The number of aromatic amines is 1. The molecule has 1 aromatic heterocycles. The number of H-pyrrole nitrogens is 1. The van der Waals surface area contributed by atoms with E-state index in [1.165, 1.54) is 18.4 Å². The van der Waals surface area contributed by atoms with Gasteiger partial charge in [0.25, 0.3) is 0 Å². The number of hydrogen-bond donors (Lipinski definition) is 3. The van der Waals surface area contributed by atoms with E-state index in [1.54, 1.807) is 32.2 Å². The van der Waals surface area contributed by atoms with Gasteiger partial charge in [-0.1, -0.05) is 12.1 Å². The number of aromatic nitrogens is 1. The summed E-state index contributed by atoms with van der Waals surface area (Å²) in [5, 5.41) is 7.35. The van der Waals surface area contributed by atoms with Crippen LogP contribution in [0.15, 0.2) is 52.5 Å². The highest BCUT2D eigenvalue weighted by molar-refractivity contribution is 7.90. The average Bonchev–Trinajstić information content (AvgIpc) is 3.05. The fourth-order valence-electron chi connectivity index (χ4n) is 3.32. The maximum Gasteiger partial charge on any atom is 0.191 e. The van der Waals surface area contributed by atoms with Crippen LogP contribution >= 0.6 is 0 Å². The van der Waals surface area contributed by atoms with Gasteiger partial charge in [-0.15, -0.1) is 0 Å². The molecule has 0 saturated carbocycles. The molecule has 2 aromatic carbocycles. The zero-order valence-corrected chi connectivity index (χ0v) is 17.5. The highest BCUT2D eigenvalue weighted by Gasteiger charge is 2.11. The quantitative estimate of drug-likeness (QED) is 0.426. The molecular formula is C21H25FN4O2S. The highest BCUT2D eigenvalue weighted by Crippen LogP contribution is 2.19.